The first-order valence-corrected chi connectivity index (χ1v) is 11.5. The molecule has 1 heterocycles. The lowest BCUT2D eigenvalue weighted by molar-refractivity contribution is 0.0947. The molecule has 0 bridgehead atoms. The van der Waals surface area contributed by atoms with Crippen molar-refractivity contribution in [3.8, 4) is 5.75 Å². The average molecular weight is 417 g/mol. The standard InChI is InChI=1S/C22H28N2O4S/c1-17-13-18(2)15-21(14-17)28-12-9-23-22(25)20-7-5-19(6-8-20)16-29(26,27)24-10-3-4-11-24/h5-8,13-15H,3-4,9-12,16H2,1-2H3,(H,23,25). The monoisotopic (exact) mass is 416 g/mol. The molecule has 0 aromatic heterocycles. The number of benzene rings is 2. The van der Waals surface area contributed by atoms with E-state index in [9.17, 15) is 13.2 Å². The third-order valence-electron chi connectivity index (χ3n) is 4.88. The molecule has 1 aliphatic heterocycles. The molecular weight excluding hydrogens is 388 g/mol. The molecule has 156 valence electrons. The largest absolute Gasteiger partial charge is 0.492 e. The molecule has 0 spiro atoms. The lowest BCUT2D eigenvalue weighted by atomic mass is 10.1. The van der Waals surface area contributed by atoms with Gasteiger partial charge >= 0.3 is 0 Å². The number of nitrogens with zero attached hydrogens (tertiary/aromatic N) is 1. The first-order chi connectivity index (χ1) is 13.8. The van der Waals surface area contributed by atoms with Crippen molar-refractivity contribution in [1.82, 2.24) is 9.62 Å². The van der Waals surface area contributed by atoms with E-state index in [1.807, 2.05) is 26.0 Å². The topological polar surface area (TPSA) is 75.7 Å². The molecule has 0 atom stereocenters. The van der Waals surface area contributed by atoms with Crippen LogP contribution in [0.4, 0.5) is 0 Å². The Morgan fingerprint density at radius 1 is 1.03 bits per heavy atom. The van der Waals surface area contributed by atoms with Crippen LogP contribution in [-0.4, -0.2) is 44.9 Å². The quantitative estimate of drug-likeness (QED) is 0.671. The second kappa shape index (κ2) is 9.41. The summed E-state index contributed by atoms with van der Waals surface area (Å²) in [6, 6.07) is 12.7. The van der Waals surface area contributed by atoms with Crippen LogP contribution in [0.15, 0.2) is 42.5 Å². The molecular formula is C22H28N2O4S. The molecule has 6 nitrogen and oxygen atoms in total. The Morgan fingerprint density at radius 3 is 2.28 bits per heavy atom. The van der Waals surface area contributed by atoms with Crippen molar-refractivity contribution in [2.45, 2.75) is 32.4 Å². The Hall–Kier alpha value is -2.38. The van der Waals surface area contributed by atoms with Crippen LogP contribution < -0.4 is 10.1 Å². The highest BCUT2D eigenvalue weighted by atomic mass is 32.2. The first kappa shape index (κ1) is 21.3. The summed E-state index contributed by atoms with van der Waals surface area (Å²) in [5.41, 5.74) is 3.46. The van der Waals surface area contributed by atoms with Crippen molar-refractivity contribution in [2.75, 3.05) is 26.2 Å². The van der Waals surface area contributed by atoms with E-state index in [-0.39, 0.29) is 11.7 Å². The number of hydrogen-bond donors (Lipinski definition) is 1. The Kier molecular flexibility index (Phi) is 6.92. The minimum absolute atomic E-state index is 0.0291. The highest BCUT2D eigenvalue weighted by molar-refractivity contribution is 7.88. The Balaban J connectivity index is 1.47. The van der Waals surface area contributed by atoms with Crippen LogP contribution in [0, 0.1) is 13.8 Å². The van der Waals surface area contributed by atoms with Gasteiger partial charge in [-0.1, -0.05) is 18.2 Å². The highest BCUT2D eigenvalue weighted by Crippen LogP contribution is 2.18. The molecule has 1 fully saturated rings. The predicted molar refractivity (Wildman–Crippen MR) is 114 cm³/mol. The summed E-state index contributed by atoms with van der Waals surface area (Å²) in [6.07, 6.45) is 1.84. The molecule has 1 amide bonds. The molecule has 1 saturated heterocycles. The van der Waals surface area contributed by atoms with Gasteiger partial charge in [-0.2, -0.15) is 0 Å². The average Bonchev–Trinajstić information content (AvgIpc) is 3.20. The molecule has 1 aliphatic rings. The van der Waals surface area contributed by atoms with Crippen LogP contribution in [-0.2, 0) is 15.8 Å². The van der Waals surface area contributed by atoms with Gasteiger partial charge in [-0.3, -0.25) is 4.79 Å². The number of carbonyl (C=O) groups excluding carboxylic acids is 1. The molecule has 7 heteroatoms. The van der Waals surface area contributed by atoms with E-state index >= 15 is 0 Å². The molecule has 0 radical (unpaired) electrons. The Bertz CT molecular complexity index is 929. The number of hydrogen-bond acceptors (Lipinski definition) is 4. The van der Waals surface area contributed by atoms with Gasteiger partial charge in [0.2, 0.25) is 10.0 Å². The van der Waals surface area contributed by atoms with Gasteiger partial charge in [-0.05, 0) is 67.6 Å². The first-order valence-electron chi connectivity index (χ1n) is 9.89. The maximum absolute atomic E-state index is 12.4. The molecule has 3 rings (SSSR count). The highest BCUT2D eigenvalue weighted by Gasteiger charge is 2.25. The second-order valence-corrected chi connectivity index (χ2v) is 9.46. The van der Waals surface area contributed by atoms with Crippen molar-refractivity contribution < 1.29 is 17.9 Å². The molecule has 0 aliphatic carbocycles. The van der Waals surface area contributed by atoms with Crippen molar-refractivity contribution in [2.24, 2.45) is 0 Å². The zero-order valence-electron chi connectivity index (χ0n) is 17.0. The molecule has 1 N–H and O–H groups in total. The van der Waals surface area contributed by atoms with E-state index in [0.29, 0.717) is 37.4 Å². The van der Waals surface area contributed by atoms with Gasteiger partial charge in [0.1, 0.15) is 12.4 Å². The zero-order valence-corrected chi connectivity index (χ0v) is 17.8. The number of ether oxygens (including phenoxy) is 1. The third-order valence-corrected chi connectivity index (χ3v) is 6.73. The smallest absolute Gasteiger partial charge is 0.251 e. The van der Waals surface area contributed by atoms with E-state index in [1.54, 1.807) is 28.6 Å². The summed E-state index contributed by atoms with van der Waals surface area (Å²) in [6.45, 7) is 6.00. The summed E-state index contributed by atoms with van der Waals surface area (Å²) < 4.78 is 32.0. The lowest BCUT2D eigenvalue weighted by Gasteiger charge is -2.15. The summed E-state index contributed by atoms with van der Waals surface area (Å²) >= 11 is 0. The molecule has 0 unspecified atom stereocenters. The normalized spacial score (nSPS) is 14.7. The number of rotatable bonds is 8. The summed E-state index contributed by atoms with van der Waals surface area (Å²) in [5, 5.41) is 2.82. The fraction of sp³-hybridized carbons (Fsp3) is 0.409. The van der Waals surface area contributed by atoms with E-state index in [1.165, 1.54) is 0 Å². The summed E-state index contributed by atoms with van der Waals surface area (Å²) in [4.78, 5) is 12.3. The van der Waals surface area contributed by atoms with Crippen LogP contribution in [0.5, 0.6) is 5.75 Å². The van der Waals surface area contributed by atoms with E-state index in [2.05, 4.69) is 11.4 Å². The molecule has 29 heavy (non-hydrogen) atoms. The third kappa shape index (κ3) is 6.05. The van der Waals surface area contributed by atoms with Gasteiger partial charge in [-0.25, -0.2) is 12.7 Å². The van der Waals surface area contributed by atoms with Crippen molar-refractivity contribution in [1.29, 1.82) is 0 Å². The van der Waals surface area contributed by atoms with Crippen LogP contribution in [0.2, 0.25) is 0 Å². The second-order valence-electron chi connectivity index (χ2n) is 7.49. The van der Waals surface area contributed by atoms with E-state index in [4.69, 9.17) is 4.74 Å². The summed E-state index contributed by atoms with van der Waals surface area (Å²) in [7, 11) is -3.28. The van der Waals surface area contributed by atoms with Crippen LogP contribution in [0.3, 0.4) is 0 Å². The van der Waals surface area contributed by atoms with Gasteiger partial charge in [-0.15, -0.1) is 0 Å². The van der Waals surface area contributed by atoms with Crippen LogP contribution >= 0.6 is 0 Å². The van der Waals surface area contributed by atoms with Gasteiger partial charge in [0.15, 0.2) is 0 Å². The SMILES string of the molecule is Cc1cc(C)cc(OCCNC(=O)c2ccc(CS(=O)(=O)N3CCCC3)cc2)c1. The van der Waals surface area contributed by atoms with Crippen molar-refractivity contribution in [3.63, 3.8) is 0 Å². The van der Waals surface area contributed by atoms with E-state index in [0.717, 1.165) is 29.7 Å². The number of sulfonamides is 1. The minimum atomic E-state index is -3.28. The Labute approximate surface area is 172 Å². The molecule has 2 aromatic carbocycles. The molecule has 0 saturated carbocycles. The fourth-order valence-electron chi connectivity index (χ4n) is 3.47. The van der Waals surface area contributed by atoms with Gasteiger partial charge in [0, 0.05) is 18.7 Å². The maximum Gasteiger partial charge on any atom is 0.251 e. The minimum Gasteiger partial charge on any atom is -0.492 e. The summed E-state index contributed by atoms with van der Waals surface area (Å²) in [5.74, 6) is 0.557. The Morgan fingerprint density at radius 2 is 1.66 bits per heavy atom. The van der Waals surface area contributed by atoms with Crippen LogP contribution in [0.1, 0.15) is 39.9 Å². The predicted octanol–water partition coefficient (Wildman–Crippen LogP) is 3.04. The number of amides is 1. The lowest BCUT2D eigenvalue weighted by Crippen LogP contribution is -2.29. The number of aryl methyl sites for hydroxylation is 2. The fourth-order valence-corrected chi connectivity index (χ4v) is 5.08. The van der Waals surface area contributed by atoms with Crippen molar-refractivity contribution >= 4 is 15.9 Å². The van der Waals surface area contributed by atoms with Crippen molar-refractivity contribution in [3.05, 3.63) is 64.7 Å². The van der Waals surface area contributed by atoms with E-state index < -0.39 is 10.0 Å². The van der Waals surface area contributed by atoms with Crippen LogP contribution in [0.25, 0.3) is 0 Å². The number of nitrogens with one attached hydrogen (secondary N) is 1. The van der Waals surface area contributed by atoms with Gasteiger partial charge in [0.25, 0.3) is 5.91 Å². The van der Waals surface area contributed by atoms with Gasteiger partial charge < -0.3 is 10.1 Å². The molecule has 2 aromatic rings. The maximum atomic E-state index is 12.4. The van der Waals surface area contributed by atoms with Gasteiger partial charge in [0.05, 0.1) is 12.3 Å². The number of carbonyl (C=O) groups is 1. The zero-order chi connectivity index (χ0) is 20.9.